The van der Waals surface area contributed by atoms with Crippen LogP contribution in [0.4, 0.5) is 4.79 Å². The van der Waals surface area contributed by atoms with Crippen molar-refractivity contribution in [2.75, 3.05) is 26.8 Å². The van der Waals surface area contributed by atoms with Crippen LogP contribution in [-0.4, -0.2) is 86.3 Å². The minimum atomic E-state index is -1.22. The van der Waals surface area contributed by atoms with Crippen molar-refractivity contribution in [2.45, 2.75) is 70.4 Å². The molecule has 270 valence electrons. The minimum Gasteiger partial charge on any atom is -0.468 e. The number of hydrogen-bond donors (Lipinski definition) is 6. The van der Waals surface area contributed by atoms with Crippen molar-refractivity contribution < 1.29 is 38.2 Å². The van der Waals surface area contributed by atoms with E-state index in [9.17, 15) is 24.0 Å². The molecule has 2 rings (SSSR count). The Hall–Kier alpha value is -4.70. The summed E-state index contributed by atoms with van der Waals surface area (Å²) in [7, 11) is 1.18. The molecule has 0 radical (unpaired) electrons. The number of benzene rings is 2. The summed E-state index contributed by atoms with van der Waals surface area (Å²) in [6, 6.07) is 14.4. The number of esters is 1. The maximum atomic E-state index is 13.7. The highest BCUT2D eigenvalue weighted by Gasteiger charge is 2.31. The Morgan fingerprint density at radius 1 is 0.796 bits per heavy atom. The lowest BCUT2D eigenvalue weighted by Crippen LogP contribution is -2.58. The lowest BCUT2D eigenvalue weighted by atomic mass is 10.0. The quantitative estimate of drug-likeness (QED) is 0.0553. The van der Waals surface area contributed by atoms with Crippen LogP contribution in [0.25, 0.3) is 0 Å². The molecule has 0 heterocycles. The number of aliphatic imine (C=N–C) groups is 1. The fourth-order valence-corrected chi connectivity index (χ4v) is 4.15. The molecule has 4 amide bonds. The lowest BCUT2D eigenvalue weighted by Gasteiger charge is -2.27. The second-order valence-corrected chi connectivity index (χ2v) is 11.7. The van der Waals surface area contributed by atoms with Crippen molar-refractivity contribution in [2.24, 2.45) is 16.5 Å². The van der Waals surface area contributed by atoms with E-state index in [1.54, 1.807) is 75.4 Å². The van der Waals surface area contributed by atoms with Crippen LogP contribution in [0.5, 0.6) is 0 Å². The number of carbonyl (C=O) groups excluding carboxylic acids is 5. The molecule has 2 aromatic rings. The van der Waals surface area contributed by atoms with E-state index in [1.165, 1.54) is 7.11 Å². The van der Waals surface area contributed by atoms with Gasteiger partial charge in [-0.1, -0.05) is 60.7 Å². The SMILES string of the molecule is Br.COC(=O)CNC(=O)[C@H](COC(C)(C)C)NC(=O)[C@H](Cc1ccccc1)NC(=O)[C@H](CCCN=C(N)N)NC(=O)OCc1ccccc1. The van der Waals surface area contributed by atoms with Crippen LogP contribution in [0.15, 0.2) is 65.7 Å². The maximum Gasteiger partial charge on any atom is 0.408 e. The highest BCUT2D eigenvalue weighted by atomic mass is 79.9. The molecule has 0 aliphatic rings. The van der Waals surface area contributed by atoms with Gasteiger partial charge in [0.25, 0.3) is 0 Å². The van der Waals surface area contributed by atoms with E-state index < -0.39 is 60.1 Å². The minimum absolute atomic E-state index is 0. The molecule has 0 saturated heterocycles. The Kier molecular flexibility index (Phi) is 19.0. The summed E-state index contributed by atoms with van der Waals surface area (Å²) in [4.78, 5) is 68.7. The van der Waals surface area contributed by atoms with Gasteiger partial charge in [0, 0.05) is 13.0 Å². The molecule has 8 N–H and O–H groups in total. The molecule has 15 nitrogen and oxygen atoms in total. The fourth-order valence-electron chi connectivity index (χ4n) is 4.15. The van der Waals surface area contributed by atoms with E-state index in [-0.39, 0.29) is 55.5 Å². The van der Waals surface area contributed by atoms with Crippen molar-refractivity contribution in [3.63, 3.8) is 0 Å². The van der Waals surface area contributed by atoms with Crippen molar-refractivity contribution in [3.05, 3.63) is 71.8 Å². The second kappa shape index (κ2) is 22.0. The van der Waals surface area contributed by atoms with Gasteiger partial charge in [0.2, 0.25) is 17.7 Å². The van der Waals surface area contributed by atoms with Crippen LogP contribution in [-0.2, 0) is 46.4 Å². The zero-order valence-electron chi connectivity index (χ0n) is 28.2. The Balaban J connectivity index is 0.0000120. The average molecular weight is 751 g/mol. The molecular formula is C33H48BrN7O8. The molecule has 0 spiro atoms. The van der Waals surface area contributed by atoms with Crippen molar-refractivity contribution >= 4 is 52.7 Å². The number of carbonyl (C=O) groups is 5. The molecule has 2 aromatic carbocycles. The highest BCUT2D eigenvalue weighted by molar-refractivity contribution is 8.93. The summed E-state index contributed by atoms with van der Waals surface area (Å²) in [5.74, 6) is -2.87. The van der Waals surface area contributed by atoms with E-state index >= 15 is 0 Å². The first-order valence-corrected chi connectivity index (χ1v) is 15.4. The zero-order valence-corrected chi connectivity index (χ0v) is 29.9. The van der Waals surface area contributed by atoms with Crippen LogP contribution in [0, 0.1) is 0 Å². The number of amides is 4. The third-order valence-corrected chi connectivity index (χ3v) is 6.63. The molecular weight excluding hydrogens is 702 g/mol. The van der Waals surface area contributed by atoms with Crippen LogP contribution in [0.3, 0.4) is 0 Å². The van der Waals surface area contributed by atoms with Crippen molar-refractivity contribution in [1.82, 2.24) is 21.3 Å². The monoisotopic (exact) mass is 749 g/mol. The highest BCUT2D eigenvalue weighted by Crippen LogP contribution is 2.10. The normalized spacial score (nSPS) is 12.5. The number of guanidine groups is 1. The van der Waals surface area contributed by atoms with Crippen molar-refractivity contribution in [3.8, 4) is 0 Å². The lowest BCUT2D eigenvalue weighted by molar-refractivity contribution is -0.142. The summed E-state index contributed by atoms with van der Waals surface area (Å²) in [6.07, 6.45) is -0.363. The number of nitrogens with zero attached hydrogens (tertiary/aromatic N) is 1. The van der Waals surface area contributed by atoms with Gasteiger partial charge in [0.15, 0.2) is 5.96 Å². The Labute approximate surface area is 297 Å². The fraction of sp³-hybridized carbons (Fsp3) is 0.455. The van der Waals surface area contributed by atoms with E-state index in [0.717, 1.165) is 11.1 Å². The van der Waals surface area contributed by atoms with Gasteiger partial charge in [-0.3, -0.25) is 24.2 Å². The Bertz CT molecular complexity index is 1370. The maximum absolute atomic E-state index is 13.7. The molecule has 0 aliphatic heterocycles. The molecule has 3 atom stereocenters. The van der Waals surface area contributed by atoms with Gasteiger partial charge in [-0.25, -0.2) is 4.79 Å². The number of methoxy groups -OCH3 is 1. The number of rotatable bonds is 18. The predicted molar refractivity (Wildman–Crippen MR) is 189 cm³/mol. The number of ether oxygens (including phenoxy) is 3. The smallest absolute Gasteiger partial charge is 0.408 e. The molecule has 0 saturated carbocycles. The zero-order chi connectivity index (χ0) is 35.5. The van der Waals surface area contributed by atoms with Gasteiger partial charge in [-0.15, -0.1) is 17.0 Å². The molecule has 0 aromatic heterocycles. The van der Waals surface area contributed by atoms with E-state index in [4.69, 9.17) is 20.9 Å². The largest absolute Gasteiger partial charge is 0.468 e. The number of nitrogens with two attached hydrogens (primary N) is 2. The van der Waals surface area contributed by atoms with E-state index in [1.807, 2.05) is 6.07 Å². The van der Waals surface area contributed by atoms with Crippen LogP contribution in [0.2, 0.25) is 0 Å². The summed E-state index contributed by atoms with van der Waals surface area (Å²) < 4.78 is 15.7. The number of nitrogens with one attached hydrogen (secondary N) is 4. The summed E-state index contributed by atoms with van der Waals surface area (Å²) >= 11 is 0. The summed E-state index contributed by atoms with van der Waals surface area (Å²) in [6.45, 7) is 4.86. The topological polar surface area (TPSA) is 226 Å². The molecule has 0 unspecified atom stereocenters. The first-order chi connectivity index (χ1) is 22.8. The molecule has 49 heavy (non-hydrogen) atoms. The predicted octanol–water partition coefficient (Wildman–Crippen LogP) is 1.23. The van der Waals surface area contributed by atoms with Gasteiger partial charge in [-0.05, 0) is 44.7 Å². The number of alkyl carbamates (subject to hydrolysis) is 1. The first kappa shape index (κ1) is 42.3. The van der Waals surface area contributed by atoms with Crippen LogP contribution in [0.1, 0.15) is 44.7 Å². The van der Waals surface area contributed by atoms with E-state index in [2.05, 4.69) is 31.0 Å². The number of hydrogen-bond acceptors (Lipinski definition) is 9. The molecule has 0 aliphatic carbocycles. The molecule has 16 heteroatoms. The standard InChI is InChI=1S/C33H47N7O8.BrH/c1-33(2,3)48-21-26(28(42)37-19-27(41)46-4)39-30(44)25(18-22-12-7-5-8-13-22)38-29(43)24(16-11-17-36-31(34)35)40-32(45)47-20-23-14-9-6-10-15-23;/h5-10,12-15,24-26H,11,16-21H2,1-4H3,(H,37,42)(H,38,43)(H,39,44)(H,40,45)(H4,34,35,36);1H/t24-,25-,26-;/m0./s1. The van der Waals surface area contributed by atoms with Gasteiger partial charge >= 0.3 is 12.1 Å². The third-order valence-electron chi connectivity index (χ3n) is 6.63. The second-order valence-electron chi connectivity index (χ2n) is 11.7. The molecule has 0 fully saturated rings. The third kappa shape index (κ3) is 17.9. The summed E-state index contributed by atoms with van der Waals surface area (Å²) in [5, 5.41) is 10.3. The van der Waals surface area contributed by atoms with Crippen molar-refractivity contribution in [1.29, 1.82) is 0 Å². The summed E-state index contributed by atoms with van der Waals surface area (Å²) in [5.41, 5.74) is 11.6. The Morgan fingerprint density at radius 3 is 1.94 bits per heavy atom. The van der Waals surface area contributed by atoms with Crippen LogP contribution >= 0.6 is 17.0 Å². The number of halogens is 1. The van der Waals surface area contributed by atoms with Gasteiger partial charge in [-0.2, -0.15) is 0 Å². The van der Waals surface area contributed by atoms with Crippen LogP contribution < -0.4 is 32.7 Å². The van der Waals surface area contributed by atoms with E-state index in [0.29, 0.717) is 6.42 Å². The first-order valence-electron chi connectivity index (χ1n) is 15.4. The van der Waals surface area contributed by atoms with Gasteiger partial charge in [0.1, 0.15) is 31.3 Å². The Morgan fingerprint density at radius 2 is 1.37 bits per heavy atom. The average Bonchev–Trinajstić information content (AvgIpc) is 3.05. The van der Waals surface area contributed by atoms with Gasteiger partial charge in [0.05, 0.1) is 19.3 Å². The van der Waals surface area contributed by atoms with Gasteiger partial charge < -0.3 is 46.9 Å². The molecule has 0 bridgehead atoms.